The van der Waals surface area contributed by atoms with Crippen LogP contribution in [-0.4, -0.2) is 29.5 Å². The van der Waals surface area contributed by atoms with Gasteiger partial charge in [-0.2, -0.15) is 0 Å². The van der Waals surface area contributed by atoms with E-state index in [4.69, 9.17) is 5.11 Å². The molecule has 1 aromatic carbocycles. The quantitative estimate of drug-likeness (QED) is 0.616. The van der Waals surface area contributed by atoms with E-state index in [0.29, 0.717) is 6.42 Å². The summed E-state index contributed by atoms with van der Waals surface area (Å²) in [7, 11) is 1.53. The molecule has 0 aliphatic carbocycles. The Kier molecular flexibility index (Phi) is 4.27. The number of nitrogens with one attached hydrogen (secondary N) is 1. The smallest absolute Gasteiger partial charge is 0.310 e. The number of hydrogen-bond donors (Lipinski definition) is 3. The molecule has 0 aromatic heterocycles. The van der Waals surface area contributed by atoms with Gasteiger partial charge in [-0.1, -0.05) is 30.3 Å². The molecule has 0 fully saturated rings. The first-order valence-electron chi connectivity index (χ1n) is 4.77. The average Bonchev–Trinajstić information content (AvgIpc) is 2.26. The van der Waals surface area contributed by atoms with Crippen molar-refractivity contribution in [3.63, 3.8) is 0 Å². The lowest BCUT2D eigenvalue weighted by Gasteiger charge is -2.18. The van der Waals surface area contributed by atoms with E-state index in [0.717, 1.165) is 5.56 Å². The van der Waals surface area contributed by atoms with E-state index >= 15 is 0 Å². The molecule has 82 valence electrons. The maximum atomic E-state index is 10.9. The molecule has 1 rings (SSSR count). The van der Waals surface area contributed by atoms with Crippen molar-refractivity contribution in [3.05, 3.63) is 35.9 Å². The number of aliphatic carboxylic acids is 1. The number of rotatable bonds is 5. The van der Waals surface area contributed by atoms with Crippen LogP contribution in [0.15, 0.2) is 30.3 Å². The molecule has 1 aromatic rings. The van der Waals surface area contributed by atoms with Crippen molar-refractivity contribution in [3.8, 4) is 0 Å². The van der Waals surface area contributed by atoms with Crippen molar-refractivity contribution >= 4 is 5.97 Å². The number of aliphatic hydroxyl groups excluding tert-OH is 1. The van der Waals surface area contributed by atoms with Gasteiger partial charge in [0.15, 0.2) is 0 Å². The molecular weight excluding hydrogens is 194 g/mol. The van der Waals surface area contributed by atoms with Gasteiger partial charge in [0.1, 0.15) is 6.23 Å². The van der Waals surface area contributed by atoms with Gasteiger partial charge in [-0.15, -0.1) is 0 Å². The highest BCUT2D eigenvalue weighted by molar-refractivity contribution is 5.71. The third-order valence-corrected chi connectivity index (χ3v) is 2.29. The summed E-state index contributed by atoms with van der Waals surface area (Å²) in [5, 5.41) is 20.9. The Bertz CT molecular complexity index is 313. The topological polar surface area (TPSA) is 69.6 Å². The number of hydrogen-bond acceptors (Lipinski definition) is 3. The fraction of sp³-hybridized carbons (Fsp3) is 0.364. The summed E-state index contributed by atoms with van der Waals surface area (Å²) >= 11 is 0. The Balaban J connectivity index is 2.71. The van der Waals surface area contributed by atoms with Crippen LogP contribution in [0.25, 0.3) is 0 Å². The average molecular weight is 209 g/mol. The van der Waals surface area contributed by atoms with Crippen LogP contribution in [-0.2, 0) is 11.2 Å². The minimum absolute atomic E-state index is 0.318. The Labute approximate surface area is 88.6 Å². The second kappa shape index (κ2) is 5.48. The van der Waals surface area contributed by atoms with Gasteiger partial charge >= 0.3 is 5.97 Å². The molecule has 0 saturated carbocycles. The Morgan fingerprint density at radius 2 is 2.00 bits per heavy atom. The number of carbonyl (C=O) groups is 1. The molecule has 0 radical (unpaired) electrons. The third-order valence-electron chi connectivity index (χ3n) is 2.29. The van der Waals surface area contributed by atoms with E-state index in [1.165, 1.54) is 7.05 Å². The molecule has 4 heteroatoms. The van der Waals surface area contributed by atoms with Crippen LogP contribution in [0.4, 0.5) is 0 Å². The summed E-state index contributed by atoms with van der Waals surface area (Å²) in [5.41, 5.74) is 0.902. The van der Waals surface area contributed by atoms with E-state index in [-0.39, 0.29) is 0 Å². The number of aliphatic hydroxyl groups is 1. The van der Waals surface area contributed by atoms with Gasteiger partial charge in [0, 0.05) is 0 Å². The lowest BCUT2D eigenvalue weighted by molar-refractivity contribution is -0.146. The summed E-state index contributed by atoms with van der Waals surface area (Å²) < 4.78 is 0. The molecule has 0 aliphatic heterocycles. The molecule has 0 amide bonds. The van der Waals surface area contributed by atoms with Gasteiger partial charge in [0.05, 0.1) is 5.92 Å². The first kappa shape index (κ1) is 11.7. The number of benzene rings is 1. The second-order valence-corrected chi connectivity index (χ2v) is 3.37. The van der Waals surface area contributed by atoms with Gasteiger partial charge in [-0.25, -0.2) is 0 Å². The fourth-order valence-electron chi connectivity index (χ4n) is 1.40. The number of carboxylic acid groups (broad SMARTS) is 1. The van der Waals surface area contributed by atoms with Crippen LogP contribution < -0.4 is 5.32 Å². The van der Waals surface area contributed by atoms with Crippen LogP contribution in [0.5, 0.6) is 0 Å². The van der Waals surface area contributed by atoms with E-state index in [1.54, 1.807) is 0 Å². The molecule has 0 aliphatic rings. The summed E-state index contributed by atoms with van der Waals surface area (Å²) in [5.74, 6) is -1.82. The maximum Gasteiger partial charge on any atom is 0.310 e. The van der Waals surface area contributed by atoms with Gasteiger partial charge in [0.25, 0.3) is 0 Å². The molecule has 3 N–H and O–H groups in total. The standard InChI is InChI=1S/C11H15NO3/c1-12-10(13)9(11(14)15)7-8-5-3-2-4-6-8/h2-6,9-10,12-13H,7H2,1H3,(H,14,15). The van der Waals surface area contributed by atoms with Crippen molar-refractivity contribution in [2.24, 2.45) is 5.92 Å². The summed E-state index contributed by atoms with van der Waals surface area (Å²) in [4.78, 5) is 10.9. The summed E-state index contributed by atoms with van der Waals surface area (Å²) in [6.45, 7) is 0. The highest BCUT2D eigenvalue weighted by Gasteiger charge is 2.25. The lowest BCUT2D eigenvalue weighted by Crippen LogP contribution is -2.39. The minimum atomic E-state index is -1.03. The monoisotopic (exact) mass is 209 g/mol. The summed E-state index contributed by atoms with van der Waals surface area (Å²) in [6.07, 6.45) is -0.708. The van der Waals surface area contributed by atoms with Crippen molar-refractivity contribution < 1.29 is 15.0 Å². The van der Waals surface area contributed by atoms with E-state index in [2.05, 4.69) is 5.32 Å². The normalized spacial score (nSPS) is 14.5. The fourth-order valence-corrected chi connectivity index (χ4v) is 1.40. The predicted octanol–water partition coefficient (Wildman–Crippen LogP) is 0.468. The van der Waals surface area contributed by atoms with Crippen LogP contribution in [0.1, 0.15) is 5.56 Å². The van der Waals surface area contributed by atoms with Crippen molar-refractivity contribution in [1.29, 1.82) is 0 Å². The maximum absolute atomic E-state index is 10.9. The van der Waals surface area contributed by atoms with Gasteiger partial charge in [-0.3, -0.25) is 10.1 Å². The largest absolute Gasteiger partial charge is 0.481 e. The SMILES string of the molecule is CNC(O)C(Cc1ccccc1)C(=O)O. The zero-order valence-electron chi connectivity index (χ0n) is 8.55. The zero-order valence-corrected chi connectivity index (χ0v) is 8.55. The highest BCUT2D eigenvalue weighted by atomic mass is 16.4. The van der Waals surface area contributed by atoms with Crippen molar-refractivity contribution in [2.75, 3.05) is 7.05 Å². The van der Waals surface area contributed by atoms with Crippen LogP contribution in [0.3, 0.4) is 0 Å². The highest BCUT2D eigenvalue weighted by Crippen LogP contribution is 2.11. The second-order valence-electron chi connectivity index (χ2n) is 3.37. The van der Waals surface area contributed by atoms with Gasteiger partial charge in [0.2, 0.25) is 0 Å². The van der Waals surface area contributed by atoms with Crippen molar-refractivity contribution in [1.82, 2.24) is 5.32 Å². The Morgan fingerprint density at radius 1 is 1.40 bits per heavy atom. The van der Waals surface area contributed by atoms with E-state index < -0.39 is 18.1 Å². The summed E-state index contributed by atoms with van der Waals surface area (Å²) in [6, 6.07) is 9.25. The Morgan fingerprint density at radius 3 is 2.47 bits per heavy atom. The molecule has 0 heterocycles. The van der Waals surface area contributed by atoms with E-state index in [9.17, 15) is 9.90 Å². The molecule has 4 nitrogen and oxygen atoms in total. The molecule has 2 unspecified atom stereocenters. The first-order chi connectivity index (χ1) is 7.15. The molecule has 0 spiro atoms. The number of carboxylic acids is 1. The predicted molar refractivity (Wildman–Crippen MR) is 56.3 cm³/mol. The van der Waals surface area contributed by atoms with Gasteiger partial charge < -0.3 is 10.2 Å². The molecule has 0 bridgehead atoms. The molecule has 2 atom stereocenters. The van der Waals surface area contributed by atoms with Crippen LogP contribution >= 0.6 is 0 Å². The van der Waals surface area contributed by atoms with Crippen LogP contribution in [0.2, 0.25) is 0 Å². The minimum Gasteiger partial charge on any atom is -0.481 e. The van der Waals surface area contributed by atoms with Gasteiger partial charge in [-0.05, 0) is 19.0 Å². The molecule has 15 heavy (non-hydrogen) atoms. The Hall–Kier alpha value is -1.39. The lowest BCUT2D eigenvalue weighted by atomic mass is 9.98. The van der Waals surface area contributed by atoms with E-state index in [1.807, 2.05) is 30.3 Å². The van der Waals surface area contributed by atoms with Crippen molar-refractivity contribution in [2.45, 2.75) is 12.6 Å². The first-order valence-corrected chi connectivity index (χ1v) is 4.77. The third kappa shape index (κ3) is 3.34. The molecular formula is C11H15NO3. The zero-order chi connectivity index (χ0) is 11.3. The van der Waals surface area contributed by atoms with Crippen LogP contribution in [0, 0.1) is 5.92 Å². The molecule has 0 saturated heterocycles.